The first-order chi connectivity index (χ1) is 14.3. The predicted molar refractivity (Wildman–Crippen MR) is 102 cm³/mol. The molecule has 1 amide bonds. The van der Waals surface area contributed by atoms with Crippen molar-refractivity contribution in [2.24, 2.45) is 0 Å². The molecule has 0 spiro atoms. The SMILES string of the molecule is CSc1nc2nc(C3CCN(C(=O)c4cccc(F)c4)CC3)cc(C(F)(F)F)n2n1. The highest BCUT2D eigenvalue weighted by atomic mass is 32.2. The van der Waals surface area contributed by atoms with Gasteiger partial charge in [0.2, 0.25) is 5.16 Å². The zero-order valence-electron chi connectivity index (χ0n) is 15.9. The van der Waals surface area contributed by atoms with E-state index >= 15 is 0 Å². The van der Waals surface area contributed by atoms with Gasteiger partial charge in [-0.15, -0.1) is 5.10 Å². The number of nitrogens with zero attached hydrogens (tertiary/aromatic N) is 5. The van der Waals surface area contributed by atoms with Crippen LogP contribution in [0.4, 0.5) is 17.6 Å². The lowest BCUT2D eigenvalue weighted by Gasteiger charge is -2.32. The lowest BCUT2D eigenvalue weighted by atomic mass is 9.92. The Kier molecular flexibility index (Phi) is 5.39. The average Bonchev–Trinajstić information content (AvgIpc) is 3.15. The van der Waals surface area contributed by atoms with Crippen molar-refractivity contribution >= 4 is 23.4 Å². The van der Waals surface area contributed by atoms with E-state index in [1.165, 1.54) is 24.3 Å². The lowest BCUT2D eigenvalue weighted by molar-refractivity contribution is -0.142. The first-order valence-corrected chi connectivity index (χ1v) is 10.4. The van der Waals surface area contributed by atoms with Crippen LogP contribution in [0.15, 0.2) is 35.5 Å². The first kappa shape index (κ1) is 20.6. The number of halogens is 4. The molecule has 11 heteroatoms. The van der Waals surface area contributed by atoms with Crippen LogP contribution in [-0.4, -0.2) is 49.7 Å². The number of fused-ring (bicyclic) bond motifs is 1. The fraction of sp³-hybridized carbons (Fsp3) is 0.368. The molecule has 3 heterocycles. The number of hydrogen-bond donors (Lipinski definition) is 0. The van der Waals surface area contributed by atoms with E-state index in [-0.39, 0.29) is 34.0 Å². The second-order valence-electron chi connectivity index (χ2n) is 6.95. The number of likely N-dealkylation sites (tertiary alicyclic amines) is 1. The topological polar surface area (TPSA) is 63.4 Å². The number of carbonyl (C=O) groups is 1. The largest absolute Gasteiger partial charge is 0.433 e. The molecule has 158 valence electrons. The number of carbonyl (C=O) groups excluding carboxylic acids is 1. The van der Waals surface area contributed by atoms with E-state index in [0.29, 0.717) is 25.9 Å². The highest BCUT2D eigenvalue weighted by molar-refractivity contribution is 7.98. The highest BCUT2D eigenvalue weighted by Crippen LogP contribution is 2.34. The van der Waals surface area contributed by atoms with Crippen molar-refractivity contribution in [3.8, 4) is 0 Å². The number of piperidine rings is 1. The van der Waals surface area contributed by atoms with Crippen LogP contribution < -0.4 is 0 Å². The molecule has 0 bridgehead atoms. The van der Waals surface area contributed by atoms with Gasteiger partial charge in [0, 0.05) is 30.3 Å². The number of hydrogen-bond acceptors (Lipinski definition) is 5. The molecule has 4 rings (SSSR count). The van der Waals surface area contributed by atoms with Gasteiger partial charge < -0.3 is 4.90 Å². The van der Waals surface area contributed by atoms with Crippen molar-refractivity contribution in [3.63, 3.8) is 0 Å². The summed E-state index contributed by atoms with van der Waals surface area (Å²) in [5, 5.41) is 4.07. The summed E-state index contributed by atoms with van der Waals surface area (Å²) in [6.45, 7) is 0.688. The quantitative estimate of drug-likeness (QED) is 0.456. The Labute approximate surface area is 173 Å². The van der Waals surface area contributed by atoms with Gasteiger partial charge in [0.1, 0.15) is 5.82 Å². The number of amides is 1. The molecule has 1 aromatic carbocycles. The number of alkyl halides is 3. The van der Waals surface area contributed by atoms with E-state index in [0.717, 1.165) is 22.3 Å². The zero-order valence-corrected chi connectivity index (χ0v) is 16.7. The molecule has 6 nitrogen and oxygen atoms in total. The lowest BCUT2D eigenvalue weighted by Crippen LogP contribution is -2.38. The van der Waals surface area contributed by atoms with Crippen molar-refractivity contribution in [3.05, 3.63) is 53.1 Å². The Hall–Kier alpha value is -2.69. The Morgan fingerprint density at radius 2 is 1.90 bits per heavy atom. The molecule has 1 fully saturated rings. The van der Waals surface area contributed by atoms with Crippen LogP contribution in [0.5, 0.6) is 0 Å². The second-order valence-corrected chi connectivity index (χ2v) is 7.72. The molecule has 3 aromatic rings. The van der Waals surface area contributed by atoms with Crippen LogP contribution in [0.25, 0.3) is 5.78 Å². The summed E-state index contributed by atoms with van der Waals surface area (Å²) in [4.78, 5) is 22.5. The highest BCUT2D eigenvalue weighted by Gasteiger charge is 2.37. The van der Waals surface area contributed by atoms with Gasteiger partial charge in [0.25, 0.3) is 11.7 Å². The molecule has 0 aliphatic carbocycles. The van der Waals surface area contributed by atoms with Crippen molar-refractivity contribution in [2.75, 3.05) is 19.3 Å². The minimum atomic E-state index is -4.60. The van der Waals surface area contributed by atoms with E-state index in [1.54, 1.807) is 11.2 Å². The molecule has 2 aromatic heterocycles. The van der Waals surface area contributed by atoms with E-state index in [2.05, 4.69) is 15.1 Å². The van der Waals surface area contributed by atoms with E-state index in [4.69, 9.17) is 0 Å². The van der Waals surface area contributed by atoms with Gasteiger partial charge in [-0.05, 0) is 43.4 Å². The maximum Gasteiger partial charge on any atom is 0.433 e. The number of rotatable bonds is 3. The summed E-state index contributed by atoms with van der Waals surface area (Å²) < 4.78 is 54.8. The zero-order chi connectivity index (χ0) is 21.5. The van der Waals surface area contributed by atoms with Crippen LogP contribution >= 0.6 is 11.8 Å². The van der Waals surface area contributed by atoms with Crippen LogP contribution in [0.1, 0.15) is 40.5 Å². The molecule has 0 unspecified atom stereocenters. The van der Waals surface area contributed by atoms with Gasteiger partial charge in [-0.2, -0.15) is 22.7 Å². The van der Waals surface area contributed by atoms with Crippen molar-refractivity contribution in [1.29, 1.82) is 0 Å². The predicted octanol–water partition coefficient (Wildman–Crippen LogP) is 4.02. The Morgan fingerprint density at radius 3 is 2.53 bits per heavy atom. The number of thioether (sulfide) groups is 1. The maximum absolute atomic E-state index is 13.6. The van der Waals surface area contributed by atoms with Gasteiger partial charge in [-0.1, -0.05) is 17.8 Å². The summed E-state index contributed by atoms with van der Waals surface area (Å²) in [7, 11) is 0. The second kappa shape index (κ2) is 7.86. The molecule has 1 aliphatic rings. The smallest absolute Gasteiger partial charge is 0.339 e. The minimum Gasteiger partial charge on any atom is -0.339 e. The third kappa shape index (κ3) is 3.98. The van der Waals surface area contributed by atoms with Crippen LogP contribution in [0, 0.1) is 5.82 Å². The molecular weight excluding hydrogens is 422 g/mol. The van der Waals surface area contributed by atoms with Gasteiger partial charge in [-0.3, -0.25) is 4.79 Å². The third-order valence-electron chi connectivity index (χ3n) is 5.06. The van der Waals surface area contributed by atoms with Gasteiger partial charge in [0.15, 0.2) is 5.69 Å². The molecule has 0 radical (unpaired) electrons. The molecule has 30 heavy (non-hydrogen) atoms. The first-order valence-electron chi connectivity index (χ1n) is 9.20. The van der Waals surface area contributed by atoms with E-state index in [1.807, 2.05) is 0 Å². The summed E-state index contributed by atoms with van der Waals surface area (Å²) >= 11 is 1.14. The molecule has 0 N–H and O–H groups in total. The monoisotopic (exact) mass is 439 g/mol. The fourth-order valence-electron chi connectivity index (χ4n) is 3.55. The number of aromatic nitrogens is 4. The fourth-order valence-corrected chi connectivity index (χ4v) is 3.88. The summed E-state index contributed by atoms with van der Waals surface area (Å²) in [6.07, 6.45) is -2.03. The van der Waals surface area contributed by atoms with Gasteiger partial charge >= 0.3 is 6.18 Å². The van der Waals surface area contributed by atoms with E-state index in [9.17, 15) is 22.4 Å². The average molecular weight is 439 g/mol. The number of benzene rings is 1. The third-order valence-corrected chi connectivity index (χ3v) is 5.60. The molecular formula is C19H17F4N5OS. The Balaban J connectivity index is 1.56. The molecule has 1 aliphatic heterocycles. The van der Waals surface area contributed by atoms with Crippen LogP contribution in [-0.2, 0) is 6.18 Å². The van der Waals surface area contributed by atoms with Crippen molar-refractivity contribution < 1.29 is 22.4 Å². The molecule has 0 atom stereocenters. The van der Waals surface area contributed by atoms with E-state index < -0.39 is 17.7 Å². The van der Waals surface area contributed by atoms with Gasteiger partial charge in [-0.25, -0.2) is 9.37 Å². The standard InChI is InChI=1S/C19H17F4N5OS/c1-30-18-25-17-24-14(10-15(19(21,22)23)28(17)26-18)11-5-7-27(8-6-11)16(29)12-3-2-4-13(20)9-12/h2-4,9-11H,5-8H2,1H3. The normalized spacial score (nSPS) is 15.7. The Bertz CT molecular complexity index is 1090. The molecule has 0 saturated carbocycles. The minimum absolute atomic E-state index is 0.0950. The summed E-state index contributed by atoms with van der Waals surface area (Å²) in [5.41, 5.74) is -0.387. The van der Waals surface area contributed by atoms with Crippen LogP contribution in [0.2, 0.25) is 0 Å². The molecule has 1 saturated heterocycles. The summed E-state index contributed by atoms with van der Waals surface area (Å²) in [5.74, 6) is -1.13. The van der Waals surface area contributed by atoms with Crippen molar-refractivity contribution in [2.45, 2.75) is 30.1 Å². The maximum atomic E-state index is 13.6. The van der Waals surface area contributed by atoms with Gasteiger partial charge in [0.05, 0.1) is 0 Å². The summed E-state index contributed by atoms with van der Waals surface area (Å²) in [6, 6.07) is 6.45. The Morgan fingerprint density at radius 1 is 1.17 bits per heavy atom. The van der Waals surface area contributed by atoms with Crippen molar-refractivity contribution in [1.82, 2.24) is 24.5 Å². The van der Waals surface area contributed by atoms with Crippen LogP contribution in [0.3, 0.4) is 0 Å².